The number of fused-ring (bicyclic) bond motifs is 1. The van der Waals surface area contributed by atoms with Gasteiger partial charge in [0.2, 0.25) is 0 Å². The van der Waals surface area contributed by atoms with Crippen LogP contribution in [0.15, 0.2) is 82.0 Å². The lowest BCUT2D eigenvalue weighted by molar-refractivity contribution is 0.0974. The van der Waals surface area contributed by atoms with Crippen molar-refractivity contribution in [3.63, 3.8) is 0 Å². The Labute approximate surface area is 170 Å². The van der Waals surface area contributed by atoms with Crippen molar-refractivity contribution in [2.75, 3.05) is 0 Å². The SMILES string of the molecule is O=C(CC(c1cccc(F)c1)c1c(O)c2ccccc2oc1=O)c1ccccc1O. The van der Waals surface area contributed by atoms with Crippen molar-refractivity contribution < 1.29 is 23.8 Å². The molecule has 1 atom stereocenters. The van der Waals surface area contributed by atoms with Crippen molar-refractivity contribution in [1.29, 1.82) is 0 Å². The predicted octanol–water partition coefficient (Wildman–Crippen LogP) is 4.75. The normalized spacial score (nSPS) is 12.0. The predicted molar refractivity (Wildman–Crippen MR) is 109 cm³/mol. The fraction of sp³-hybridized carbons (Fsp3) is 0.0833. The van der Waals surface area contributed by atoms with Crippen LogP contribution in [0.4, 0.5) is 4.39 Å². The van der Waals surface area contributed by atoms with Gasteiger partial charge >= 0.3 is 5.63 Å². The van der Waals surface area contributed by atoms with Crippen LogP contribution in [-0.4, -0.2) is 16.0 Å². The van der Waals surface area contributed by atoms with Crippen LogP contribution < -0.4 is 5.63 Å². The molecule has 0 bridgehead atoms. The zero-order valence-corrected chi connectivity index (χ0v) is 15.7. The Balaban J connectivity index is 1.89. The molecule has 5 nitrogen and oxygen atoms in total. The number of Topliss-reactive ketones (excluding diaryl/α,β-unsaturated/α-hetero) is 1. The van der Waals surface area contributed by atoms with Crippen LogP contribution >= 0.6 is 0 Å². The van der Waals surface area contributed by atoms with Crippen LogP contribution in [0, 0.1) is 5.82 Å². The van der Waals surface area contributed by atoms with Gasteiger partial charge in [-0.15, -0.1) is 0 Å². The van der Waals surface area contributed by atoms with E-state index in [2.05, 4.69) is 0 Å². The summed E-state index contributed by atoms with van der Waals surface area (Å²) in [6.45, 7) is 0. The first-order valence-corrected chi connectivity index (χ1v) is 9.27. The quantitative estimate of drug-likeness (QED) is 0.370. The van der Waals surface area contributed by atoms with E-state index in [0.717, 1.165) is 0 Å². The summed E-state index contributed by atoms with van der Waals surface area (Å²) in [7, 11) is 0. The van der Waals surface area contributed by atoms with Gasteiger partial charge < -0.3 is 14.6 Å². The fourth-order valence-electron chi connectivity index (χ4n) is 3.57. The Morgan fingerprint density at radius 2 is 1.70 bits per heavy atom. The molecule has 0 spiro atoms. The molecule has 4 aromatic rings. The Hall–Kier alpha value is -3.93. The number of benzene rings is 3. The summed E-state index contributed by atoms with van der Waals surface area (Å²) < 4.78 is 19.3. The second-order valence-electron chi connectivity index (χ2n) is 6.90. The van der Waals surface area contributed by atoms with Gasteiger partial charge in [0.25, 0.3) is 0 Å². The molecule has 2 N–H and O–H groups in total. The minimum Gasteiger partial charge on any atom is -0.507 e. The van der Waals surface area contributed by atoms with E-state index < -0.39 is 23.1 Å². The van der Waals surface area contributed by atoms with Crippen LogP contribution in [0.5, 0.6) is 11.5 Å². The molecule has 6 heteroatoms. The number of ketones is 1. The minimum absolute atomic E-state index is 0.0727. The third-order valence-electron chi connectivity index (χ3n) is 5.01. The third-order valence-corrected chi connectivity index (χ3v) is 5.01. The van der Waals surface area contributed by atoms with E-state index in [4.69, 9.17) is 4.42 Å². The molecule has 150 valence electrons. The average Bonchev–Trinajstić information content (AvgIpc) is 2.73. The zero-order chi connectivity index (χ0) is 21.3. The first kappa shape index (κ1) is 19.4. The van der Waals surface area contributed by atoms with Gasteiger partial charge in [-0.25, -0.2) is 9.18 Å². The van der Waals surface area contributed by atoms with E-state index in [1.807, 2.05) is 0 Å². The van der Waals surface area contributed by atoms with E-state index in [-0.39, 0.29) is 34.6 Å². The van der Waals surface area contributed by atoms with Crippen molar-refractivity contribution in [1.82, 2.24) is 0 Å². The molecule has 0 aliphatic carbocycles. The number of hydrogen-bond donors (Lipinski definition) is 2. The molecule has 1 unspecified atom stereocenters. The minimum atomic E-state index is -0.978. The standard InChI is InChI=1S/C24H17FO5/c25-15-7-5-6-14(12-15)18(13-20(27)16-8-1-3-10-19(16)26)22-23(28)17-9-2-4-11-21(17)30-24(22)29/h1-12,18,26,28H,13H2. The summed E-state index contributed by atoms with van der Waals surface area (Å²) in [5.41, 5.74) is -0.345. The van der Waals surface area contributed by atoms with Crippen molar-refractivity contribution in [2.45, 2.75) is 12.3 Å². The molecular formula is C24H17FO5. The topological polar surface area (TPSA) is 87.7 Å². The van der Waals surface area contributed by atoms with Crippen molar-refractivity contribution in [2.24, 2.45) is 0 Å². The monoisotopic (exact) mass is 404 g/mol. The molecule has 0 amide bonds. The van der Waals surface area contributed by atoms with Gasteiger partial charge in [0, 0.05) is 12.3 Å². The third kappa shape index (κ3) is 3.55. The van der Waals surface area contributed by atoms with Gasteiger partial charge in [0.15, 0.2) is 5.78 Å². The summed E-state index contributed by atoms with van der Waals surface area (Å²) in [6, 6.07) is 18.0. The van der Waals surface area contributed by atoms with Gasteiger partial charge in [0.05, 0.1) is 16.5 Å². The highest BCUT2D eigenvalue weighted by Crippen LogP contribution is 2.37. The first-order valence-electron chi connectivity index (χ1n) is 9.27. The van der Waals surface area contributed by atoms with E-state index >= 15 is 0 Å². The molecule has 30 heavy (non-hydrogen) atoms. The highest BCUT2D eigenvalue weighted by atomic mass is 19.1. The lowest BCUT2D eigenvalue weighted by atomic mass is 9.85. The second-order valence-corrected chi connectivity index (χ2v) is 6.90. The Morgan fingerprint density at radius 1 is 0.967 bits per heavy atom. The van der Waals surface area contributed by atoms with Crippen LogP contribution in [0.1, 0.15) is 33.8 Å². The van der Waals surface area contributed by atoms with Crippen molar-refractivity contribution >= 4 is 16.8 Å². The fourth-order valence-corrected chi connectivity index (χ4v) is 3.57. The number of carbonyl (C=O) groups is 1. The lowest BCUT2D eigenvalue weighted by Gasteiger charge is -2.18. The summed E-state index contributed by atoms with van der Waals surface area (Å²) in [5.74, 6) is -2.50. The van der Waals surface area contributed by atoms with E-state index in [1.165, 1.54) is 30.3 Å². The number of para-hydroxylation sites is 2. The molecule has 1 heterocycles. The largest absolute Gasteiger partial charge is 0.507 e. The molecule has 1 aromatic heterocycles. The molecule has 0 fully saturated rings. The van der Waals surface area contributed by atoms with Gasteiger partial charge in [0.1, 0.15) is 22.9 Å². The first-order chi connectivity index (χ1) is 14.5. The summed E-state index contributed by atoms with van der Waals surface area (Å²) in [4.78, 5) is 25.7. The molecule has 0 aliphatic rings. The van der Waals surface area contributed by atoms with Gasteiger partial charge in [-0.2, -0.15) is 0 Å². The highest BCUT2D eigenvalue weighted by molar-refractivity contribution is 5.99. The van der Waals surface area contributed by atoms with Gasteiger partial charge in [-0.05, 0) is 42.0 Å². The molecule has 3 aromatic carbocycles. The van der Waals surface area contributed by atoms with Crippen molar-refractivity contribution in [3.8, 4) is 11.5 Å². The van der Waals surface area contributed by atoms with Crippen LogP contribution in [0.3, 0.4) is 0 Å². The van der Waals surface area contributed by atoms with Gasteiger partial charge in [-0.1, -0.05) is 36.4 Å². The summed E-state index contributed by atoms with van der Waals surface area (Å²) in [5, 5.41) is 21.2. The molecule has 0 aliphatic heterocycles. The second kappa shape index (κ2) is 7.83. The molecule has 0 saturated heterocycles. The molecule has 0 radical (unpaired) electrons. The maximum Gasteiger partial charge on any atom is 0.343 e. The lowest BCUT2D eigenvalue weighted by Crippen LogP contribution is -2.18. The van der Waals surface area contributed by atoms with Crippen LogP contribution in [0.25, 0.3) is 11.0 Å². The van der Waals surface area contributed by atoms with Crippen LogP contribution in [-0.2, 0) is 0 Å². The van der Waals surface area contributed by atoms with E-state index in [1.54, 1.807) is 42.5 Å². The molecular weight excluding hydrogens is 387 g/mol. The number of phenols is 1. The number of phenolic OH excluding ortho intramolecular Hbond substituents is 1. The summed E-state index contributed by atoms with van der Waals surface area (Å²) >= 11 is 0. The average molecular weight is 404 g/mol. The van der Waals surface area contributed by atoms with Crippen LogP contribution in [0.2, 0.25) is 0 Å². The van der Waals surface area contributed by atoms with E-state index in [9.17, 15) is 24.2 Å². The number of hydrogen-bond acceptors (Lipinski definition) is 5. The Kier molecular flexibility index (Phi) is 5.06. The molecule has 4 rings (SSSR count). The molecule has 0 saturated carbocycles. The smallest absolute Gasteiger partial charge is 0.343 e. The Bertz CT molecular complexity index is 1310. The zero-order valence-electron chi connectivity index (χ0n) is 15.7. The maximum atomic E-state index is 13.9. The van der Waals surface area contributed by atoms with Gasteiger partial charge in [-0.3, -0.25) is 4.79 Å². The number of halogens is 1. The summed E-state index contributed by atoms with van der Waals surface area (Å²) in [6.07, 6.45) is -0.280. The maximum absolute atomic E-state index is 13.9. The number of rotatable bonds is 5. The Morgan fingerprint density at radius 3 is 2.47 bits per heavy atom. The number of aromatic hydroxyl groups is 2. The highest BCUT2D eigenvalue weighted by Gasteiger charge is 2.28. The van der Waals surface area contributed by atoms with E-state index in [0.29, 0.717) is 10.9 Å². The van der Waals surface area contributed by atoms with Crippen molar-refractivity contribution in [3.05, 3.63) is 106 Å². The number of carbonyl (C=O) groups excluding carboxylic acids is 1.